The summed E-state index contributed by atoms with van der Waals surface area (Å²) in [6.45, 7) is 2.79. The topological polar surface area (TPSA) is 26.3 Å². The summed E-state index contributed by atoms with van der Waals surface area (Å²) >= 11 is 0. The molecule has 0 saturated carbocycles. The van der Waals surface area contributed by atoms with Gasteiger partial charge in [-0.15, -0.1) is 0 Å². The number of hydrogen-bond donors (Lipinski definition) is 0. The molecule has 0 spiro atoms. The highest BCUT2D eigenvalue weighted by molar-refractivity contribution is 5.78. The van der Waals surface area contributed by atoms with Crippen LogP contribution in [0.5, 0.6) is 0 Å². The minimum absolute atomic E-state index is 0.0640. The molecule has 0 heterocycles. The zero-order valence-electron chi connectivity index (χ0n) is 9.77. The minimum atomic E-state index is -4.26. The van der Waals surface area contributed by atoms with Crippen molar-refractivity contribution in [1.29, 1.82) is 0 Å². The summed E-state index contributed by atoms with van der Waals surface area (Å²) < 4.78 is 39.4. The lowest BCUT2D eigenvalue weighted by molar-refractivity contribution is -0.174. The van der Waals surface area contributed by atoms with Gasteiger partial charge >= 0.3 is 6.18 Å². The fourth-order valence-corrected chi connectivity index (χ4v) is 1.27. The van der Waals surface area contributed by atoms with Crippen molar-refractivity contribution in [2.75, 3.05) is 13.2 Å². The molecule has 0 unspecified atom stereocenters. The van der Waals surface area contributed by atoms with Crippen LogP contribution in [0.3, 0.4) is 0 Å². The van der Waals surface area contributed by atoms with Crippen LogP contribution in [0, 0.1) is 5.92 Å². The molecule has 5 heteroatoms. The largest absolute Gasteiger partial charge is 0.411 e. The van der Waals surface area contributed by atoms with Gasteiger partial charge in [0.05, 0.1) is 0 Å². The van der Waals surface area contributed by atoms with E-state index >= 15 is 0 Å². The molecule has 0 rings (SSSR count). The Kier molecular flexibility index (Phi) is 7.38. The van der Waals surface area contributed by atoms with E-state index in [4.69, 9.17) is 0 Å². The molecule has 2 nitrogen and oxygen atoms in total. The molecular formula is C11H19F3O2. The predicted molar refractivity (Wildman–Crippen MR) is 55.2 cm³/mol. The molecule has 16 heavy (non-hydrogen) atoms. The van der Waals surface area contributed by atoms with Crippen molar-refractivity contribution in [3.63, 3.8) is 0 Å². The zero-order valence-corrected chi connectivity index (χ0v) is 9.77. The molecule has 0 aromatic carbocycles. The van der Waals surface area contributed by atoms with Crippen molar-refractivity contribution in [2.45, 2.75) is 45.7 Å². The van der Waals surface area contributed by atoms with Crippen molar-refractivity contribution in [3.8, 4) is 0 Å². The third-order valence-electron chi connectivity index (χ3n) is 1.90. The van der Waals surface area contributed by atoms with Crippen LogP contribution in [0.1, 0.15) is 39.5 Å². The molecule has 0 fully saturated rings. The van der Waals surface area contributed by atoms with Gasteiger partial charge in [-0.05, 0) is 18.8 Å². The highest BCUT2D eigenvalue weighted by Crippen LogP contribution is 2.14. The molecule has 96 valence electrons. The summed E-state index contributed by atoms with van der Waals surface area (Å²) in [7, 11) is 0. The van der Waals surface area contributed by atoms with E-state index < -0.39 is 12.8 Å². The fourth-order valence-electron chi connectivity index (χ4n) is 1.27. The van der Waals surface area contributed by atoms with Gasteiger partial charge in [-0.2, -0.15) is 13.2 Å². The standard InChI is InChI=1S/C11H19F3O2/c1-9(2)7-10(15)5-3-4-6-16-8-11(12,13)14/h9H,3-8H2,1-2H3. The molecule has 0 radical (unpaired) electrons. The molecule has 0 aliphatic carbocycles. The number of carbonyl (C=O) groups excluding carboxylic acids is 1. The average Bonchev–Trinajstić information content (AvgIpc) is 2.07. The summed E-state index contributed by atoms with van der Waals surface area (Å²) in [6.07, 6.45) is -2.17. The summed E-state index contributed by atoms with van der Waals surface area (Å²) in [6, 6.07) is 0. The van der Waals surface area contributed by atoms with Gasteiger partial charge in [-0.25, -0.2) is 0 Å². The number of hydrogen-bond acceptors (Lipinski definition) is 2. The van der Waals surface area contributed by atoms with E-state index in [1.807, 2.05) is 13.8 Å². The summed E-state index contributed by atoms with van der Waals surface area (Å²) in [5, 5.41) is 0. The first kappa shape index (κ1) is 15.4. The first-order valence-corrected chi connectivity index (χ1v) is 5.47. The predicted octanol–water partition coefficient (Wildman–Crippen LogP) is 3.35. The lowest BCUT2D eigenvalue weighted by Crippen LogP contribution is -2.17. The third-order valence-corrected chi connectivity index (χ3v) is 1.90. The van der Waals surface area contributed by atoms with E-state index in [0.717, 1.165) is 0 Å². The van der Waals surface area contributed by atoms with Crippen molar-refractivity contribution < 1.29 is 22.7 Å². The monoisotopic (exact) mass is 240 g/mol. The lowest BCUT2D eigenvalue weighted by atomic mass is 10.0. The Hall–Kier alpha value is -0.580. The molecule has 0 N–H and O–H groups in total. The fraction of sp³-hybridized carbons (Fsp3) is 0.909. The third kappa shape index (κ3) is 11.5. The van der Waals surface area contributed by atoms with E-state index in [2.05, 4.69) is 4.74 Å². The lowest BCUT2D eigenvalue weighted by Gasteiger charge is -2.07. The number of ketones is 1. The summed E-state index contributed by atoms with van der Waals surface area (Å²) in [4.78, 5) is 11.2. The maximum Gasteiger partial charge on any atom is 0.411 e. The molecular weight excluding hydrogens is 221 g/mol. The smallest absolute Gasteiger partial charge is 0.372 e. The maximum atomic E-state index is 11.7. The first-order chi connectivity index (χ1) is 7.31. The van der Waals surface area contributed by atoms with Gasteiger partial charge in [-0.3, -0.25) is 4.79 Å². The van der Waals surface area contributed by atoms with Crippen LogP contribution in [0.15, 0.2) is 0 Å². The van der Waals surface area contributed by atoms with Crippen LogP contribution >= 0.6 is 0 Å². The molecule has 0 aliphatic heterocycles. The van der Waals surface area contributed by atoms with E-state index in [1.54, 1.807) is 0 Å². The van der Waals surface area contributed by atoms with Crippen molar-refractivity contribution in [3.05, 3.63) is 0 Å². The van der Waals surface area contributed by atoms with E-state index in [0.29, 0.717) is 31.6 Å². The van der Waals surface area contributed by atoms with Gasteiger partial charge in [0.1, 0.15) is 12.4 Å². The van der Waals surface area contributed by atoms with Gasteiger partial charge in [0.25, 0.3) is 0 Å². The zero-order chi connectivity index (χ0) is 12.6. The van der Waals surface area contributed by atoms with Crippen molar-refractivity contribution in [2.24, 2.45) is 5.92 Å². The highest BCUT2D eigenvalue weighted by Gasteiger charge is 2.27. The number of alkyl halides is 3. The quantitative estimate of drug-likeness (QED) is 0.608. The maximum absolute atomic E-state index is 11.7. The Morgan fingerprint density at radius 1 is 1.25 bits per heavy atom. The summed E-state index contributed by atoms with van der Waals surface area (Å²) in [5.74, 6) is 0.514. The number of unbranched alkanes of at least 4 members (excludes halogenated alkanes) is 1. The molecule has 0 aromatic heterocycles. The second kappa shape index (κ2) is 7.65. The number of ether oxygens (including phenoxy) is 1. The Morgan fingerprint density at radius 2 is 1.88 bits per heavy atom. The minimum Gasteiger partial charge on any atom is -0.372 e. The molecule has 0 bridgehead atoms. The summed E-state index contributed by atoms with van der Waals surface area (Å²) in [5.41, 5.74) is 0. The number of rotatable bonds is 8. The van der Waals surface area contributed by atoms with Gasteiger partial charge in [0.2, 0.25) is 0 Å². The van der Waals surface area contributed by atoms with E-state index in [-0.39, 0.29) is 12.4 Å². The second-order valence-electron chi connectivity index (χ2n) is 4.26. The van der Waals surface area contributed by atoms with Gasteiger partial charge < -0.3 is 4.74 Å². The normalized spacial score (nSPS) is 12.1. The molecule has 0 atom stereocenters. The highest BCUT2D eigenvalue weighted by atomic mass is 19.4. The average molecular weight is 240 g/mol. The van der Waals surface area contributed by atoms with E-state index in [1.165, 1.54) is 0 Å². The SMILES string of the molecule is CC(C)CC(=O)CCCCOCC(F)(F)F. The number of Topliss-reactive ketones (excluding diaryl/α,β-unsaturated/α-hetero) is 1. The molecule has 0 aromatic rings. The first-order valence-electron chi connectivity index (χ1n) is 5.47. The number of carbonyl (C=O) groups is 1. The Labute approximate surface area is 94.2 Å². The van der Waals surface area contributed by atoms with Gasteiger partial charge in [0.15, 0.2) is 0 Å². The molecule has 0 saturated heterocycles. The van der Waals surface area contributed by atoms with Crippen LogP contribution in [0.4, 0.5) is 13.2 Å². The van der Waals surface area contributed by atoms with Gasteiger partial charge in [-0.1, -0.05) is 13.8 Å². The number of halogens is 3. The van der Waals surface area contributed by atoms with E-state index in [9.17, 15) is 18.0 Å². The van der Waals surface area contributed by atoms with Crippen LogP contribution in [0.2, 0.25) is 0 Å². The van der Waals surface area contributed by atoms with Crippen LogP contribution < -0.4 is 0 Å². The Morgan fingerprint density at radius 3 is 2.38 bits per heavy atom. The van der Waals surface area contributed by atoms with Crippen LogP contribution in [-0.2, 0) is 9.53 Å². The Bertz CT molecular complexity index is 200. The van der Waals surface area contributed by atoms with Crippen LogP contribution in [-0.4, -0.2) is 25.2 Å². The van der Waals surface area contributed by atoms with Crippen molar-refractivity contribution >= 4 is 5.78 Å². The van der Waals surface area contributed by atoms with Crippen LogP contribution in [0.25, 0.3) is 0 Å². The molecule has 0 aliphatic rings. The van der Waals surface area contributed by atoms with Gasteiger partial charge in [0, 0.05) is 19.4 Å². The van der Waals surface area contributed by atoms with Crippen molar-refractivity contribution in [1.82, 2.24) is 0 Å². The Balaban J connectivity index is 3.31. The second-order valence-corrected chi connectivity index (χ2v) is 4.26. The molecule has 0 amide bonds.